The summed E-state index contributed by atoms with van der Waals surface area (Å²) in [7, 11) is 0. The van der Waals surface area contributed by atoms with E-state index in [-0.39, 0.29) is 12.5 Å². The molecule has 0 spiro atoms. The summed E-state index contributed by atoms with van der Waals surface area (Å²) >= 11 is 9.46. The molecule has 6 heteroatoms. The van der Waals surface area contributed by atoms with Crippen molar-refractivity contribution < 1.29 is 9.53 Å². The number of ether oxygens (including phenoxy) is 1. The van der Waals surface area contributed by atoms with Crippen LogP contribution >= 0.6 is 34.7 Å². The average molecular weight is 356 g/mol. The van der Waals surface area contributed by atoms with Gasteiger partial charge in [0.2, 0.25) is 0 Å². The molecule has 0 unspecified atom stereocenters. The minimum absolute atomic E-state index is 0.0241. The molecule has 0 aliphatic heterocycles. The van der Waals surface area contributed by atoms with Crippen LogP contribution in [0.3, 0.4) is 0 Å². The molecule has 22 heavy (non-hydrogen) atoms. The van der Waals surface area contributed by atoms with Gasteiger partial charge in [0.05, 0.1) is 0 Å². The molecule has 1 heterocycles. The second-order valence-corrected chi connectivity index (χ2v) is 7.03. The first-order valence-electron chi connectivity index (χ1n) is 6.89. The molecule has 0 saturated heterocycles. The lowest BCUT2D eigenvalue weighted by atomic mass is 10.2. The maximum atomic E-state index is 11.7. The van der Waals surface area contributed by atoms with E-state index in [1.54, 1.807) is 23.5 Å². The molecule has 1 amide bonds. The molecule has 1 aromatic heterocycles. The number of carbonyl (C=O) groups is 1. The zero-order valence-electron chi connectivity index (χ0n) is 12.3. The summed E-state index contributed by atoms with van der Waals surface area (Å²) in [4.78, 5) is 11.7. The normalized spacial score (nSPS) is 10.5. The predicted octanol–water partition coefficient (Wildman–Crippen LogP) is 4.14. The second-order valence-electron chi connectivity index (χ2n) is 4.73. The molecule has 2 rings (SSSR count). The minimum Gasteiger partial charge on any atom is -0.484 e. The van der Waals surface area contributed by atoms with Crippen LogP contribution in [0.25, 0.3) is 0 Å². The molecular weight excluding hydrogens is 338 g/mol. The van der Waals surface area contributed by atoms with Gasteiger partial charge in [-0.3, -0.25) is 4.79 Å². The van der Waals surface area contributed by atoms with Crippen molar-refractivity contribution in [2.24, 2.45) is 0 Å². The first-order chi connectivity index (χ1) is 10.6. The number of rotatable bonds is 8. The highest BCUT2D eigenvalue weighted by molar-refractivity contribution is 7.98. The van der Waals surface area contributed by atoms with Crippen molar-refractivity contribution in [3.8, 4) is 5.75 Å². The highest BCUT2D eigenvalue weighted by Crippen LogP contribution is 2.20. The maximum absolute atomic E-state index is 11.7. The number of thioether (sulfide) groups is 1. The zero-order valence-corrected chi connectivity index (χ0v) is 14.7. The number of hydrogen-bond acceptors (Lipinski definition) is 4. The summed E-state index contributed by atoms with van der Waals surface area (Å²) in [5.74, 6) is 2.43. The lowest BCUT2D eigenvalue weighted by Crippen LogP contribution is -2.30. The molecule has 0 bridgehead atoms. The molecule has 1 N–H and O–H groups in total. The highest BCUT2D eigenvalue weighted by atomic mass is 35.5. The van der Waals surface area contributed by atoms with Gasteiger partial charge in [0, 0.05) is 23.1 Å². The number of halogens is 1. The van der Waals surface area contributed by atoms with Gasteiger partial charge in [-0.2, -0.15) is 23.1 Å². The standard InChI is InChI=1S/C16H18ClNO2S2/c1-12-8-14(2-3-15(12)17)20-9-16(19)18-5-7-22-11-13-4-6-21-10-13/h2-4,6,8,10H,5,7,9,11H2,1H3,(H,18,19). The van der Waals surface area contributed by atoms with Crippen LogP contribution < -0.4 is 10.1 Å². The van der Waals surface area contributed by atoms with E-state index in [9.17, 15) is 4.79 Å². The molecule has 118 valence electrons. The lowest BCUT2D eigenvalue weighted by Gasteiger charge is -2.08. The number of thiophene rings is 1. The smallest absolute Gasteiger partial charge is 0.257 e. The van der Waals surface area contributed by atoms with E-state index in [0.717, 1.165) is 17.1 Å². The first-order valence-corrected chi connectivity index (χ1v) is 9.37. The van der Waals surface area contributed by atoms with Crippen LogP contribution in [0, 0.1) is 6.92 Å². The summed E-state index contributed by atoms with van der Waals surface area (Å²) in [6.45, 7) is 2.58. The Labute approximate surface area is 144 Å². The molecule has 0 fully saturated rings. The highest BCUT2D eigenvalue weighted by Gasteiger charge is 2.04. The Balaban J connectivity index is 1.58. The fourth-order valence-electron chi connectivity index (χ4n) is 1.73. The number of carbonyl (C=O) groups excluding carboxylic acids is 1. The minimum atomic E-state index is -0.108. The van der Waals surface area contributed by atoms with Gasteiger partial charge in [-0.25, -0.2) is 0 Å². The molecule has 3 nitrogen and oxygen atoms in total. The molecular formula is C16H18ClNO2S2. The van der Waals surface area contributed by atoms with Crippen molar-refractivity contribution in [1.29, 1.82) is 0 Å². The van der Waals surface area contributed by atoms with Crippen molar-refractivity contribution in [2.75, 3.05) is 18.9 Å². The SMILES string of the molecule is Cc1cc(OCC(=O)NCCSCc2ccsc2)ccc1Cl. The van der Waals surface area contributed by atoms with Crippen LogP contribution in [0.5, 0.6) is 5.75 Å². The van der Waals surface area contributed by atoms with Gasteiger partial charge < -0.3 is 10.1 Å². The summed E-state index contributed by atoms with van der Waals surface area (Å²) in [6, 6.07) is 7.48. The van der Waals surface area contributed by atoms with Crippen molar-refractivity contribution in [2.45, 2.75) is 12.7 Å². The lowest BCUT2D eigenvalue weighted by molar-refractivity contribution is -0.122. The number of nitrogens with one attached hydrogen (secondary N) is 1. The molecule has 0 aliphatic carbocycles. The number of aryl methyl sites for hydroxylation is 1. The van der Waals surface area contributed by atoms with Crippen molar-refractivity contribution >= 4 is 40.6 Å². The van der Waals surface area contributed by atoms with Crippen LogP contribution in [-0.4, -0.2) is 24.8 Å². The number of benzene rings is 1. The van der Waals surface area contributed by atoms with Crippen LogP contribution in [0.4, 0.5) is 0 Å². The molecule has 0 aliphatic rings. The van der Waals surface area contributed by atoms with Gasteiger partial charge in [0.15, 0.2) is 6.61 Å². The van der Waals surface area contributed by atoms with Crippen molar-refractivity contribution in [3.05, 3.63) is 51.2 Å². The topological polar surface area (TPSA) is 38.3 Å². The monoisotopic (exact) mass is 355 g/mol. The molecule has 0 radical (unpaired) electrons. The van der Waals surface area contributed by atoms with Gasteiger partial charge >= 0.3 is 0 Å². The third kappa shape index (κ3) is 5.91. The van der Waals surface area contributed by atoms with E-state index in [1.165, 1.54) is 5.56 Å². The molecule has 0 saturated carbocycles. The summed E-state index contributed by atoms with van der Waals surface area (Å²) in [5, 5.41) is 7.77. The van der Waals surface area contributed by atoms with Gasteiger partial charge in [-0.05, 0) is 53.1 Å². The van der Waals surface area contributed by atoms with Crippen LogP contribution in [0.15, 0.2) is 35.0 Å². The van der Waals surface area contributed by atoms with Gasteiger partial charge in [-0.1, -0.05) is 11.6 Å². The Morgan fingerprint density at radius 1 is 1.41 bits per heavy atom. The van der Waals surface area contributed by atoms with Crippen LogP contribution in [0.1, 0.15) is 11.1 Å². The average Bonchev–Trinajstić information content (AvgIpc) is 3.01. The van der Waals surface area contributed by atoms with E-state index >= 15 is 0 Å². The maximum Gasteiger partial charge on any atom is 0.257 e. The Hall–Kier alpha value is -1.17. The summed E-state index contributed by atoms with van der Waals surface area (Å²) in [6.07, 6.45) is 0. The quantitative estimate of drug-likeness (QED) is 0.723. The largest absolute Gasteiger partial charge is 0.484 e. The van der Waals surface area contributed by atoms with E-state index in [2.05, 4.69) is 22.1 Å². The summed E-state index contributed by atoms with van der Waals surface area (Å²) in [5.41, 5.74) is 2.27. The number of amides is 1. The van der Waals surface area contributed by atoms with Crippen LogP contribution in [-0.2, 0) is 10.5 Å². The van der Waals surface area contributed by atoms with Crippen molar-refractivity contribution in [1.82, 2.24) is 5.32 Å². The van der Waals surface area contributed by atoms with E-state index in [0.29, 0.717) is 17.3 Å². The molecule has 2 aromatic rings. The third-order valence-electron chi connectivity index (χ3n) is 2.92. The fraction of sp³-hybridized carbons (Fsp3) is 0.312. The zero-order chi connectivity index (χ0) is 15.8. The Morgan fingerprint density at radius 3 is 3.00 bits per heavy atom. The third-order valence-corrected chi connectivity index (χ3v) is 5.10. The molecule has 1 aromatic carbocycles. The van der Waals surface area contributed by atoms with E-state index in [4.69, 9.17) is 16.3 Å². The van der Waals surface area contributed by atoms with E-state index < -0.39 is 0 Å². The first kappa shape index (κ1) is 17.2. The van der Waals surface area contributed by atoms with E-state index in [1.807, 2.05) is 24.8 Å². The Morgan fingerprint density at radius 2 is 2.27 bits per heavy atom. The predicted molar refractivity (Wildman–Crippen MR) is 95.2 cm³/mol. The number of hydrogen-bond donors (Lipinski definition) is 1. The molecule has 0 atom stereocenters. The van der Waals surface area contributed by atoms with Crippen molar-refractivity contribution in [3.63, 3.8) is 0 Å². The van der Waals surface area contributed by atoms with Gasteiger partial charge in [0.1, 0.15) is 5.75 Å². The Kier molecular flexibility index (Phi) is 7.09. The van der Waals surface area contributed by atoms with Gasteiger partial charge in [-0.15, -0.1) is 0 Å². The summed E-state index contributed by atoms with van der Waals surface area (Å²) < 4.78 is 5.44. The fourth-order valence-corrected chi connectivity index (χ4v) is 3.43. The Bertz CT molecular complexity index is 602. The van der Waals surface area contributed by atoms with Gasteiger partial charge in [0.25, 0.3) is 5.91 Å². The van der Waals surface area contributed by atoms with Crippen LogP contribution in [0.2, 0.25) is 5.02 Å². The second kappa shape index (κ2) is 9.08.